The molecule has 0 N–H and O–H groups in total. The molecule has 0 radical (unpaired) electrons. The van der Waals surface area contributed by atoms with E-state index >= 15 is 0 Å². The maximum absolute atomic E-state index is 11.6. The molecule has 3 heteroatoms. The van der Waals surface area contributed by atoms with E-state index in [0.717, 1.165) is 32.0 Å². The maximum atomic E-state index is 11.6. The van der Waals surface area contributed by atoms with E-state index in [4.69, 9.17) is 0 Å². The van der Waals surface area contributed by atoms with Gasteiger partial charge in [-0.05, 0) is 38.8 Å². The second-order valence-electron chi connectivity index (χ2n) is 5.21. The van der Waals surface area contributed by atoms with Gasteiger partial charge < -0.3 is 0 Å². The lowest BCUT2D eigenvalue weighted by molar-refractivity contribution is -0.120. The highest BCUT2D eigenvalue weighted by molar-refractivity contribution is 5.80. The van der Waals surface area contributed by atoms with Crippen LogP contribution in [0.1, 0.15) is 39.0 Å². The van der Waals surface area contributed by atoms with Gasteiger partial charge in [-0.15, -0.1) is 0 Å². The van der Waals surface area contributed by atoms with Crippen molar-refractivity contribution >= 4 is 5.78 Å². The molecule has 92 valence electrons. The first-order valence-corrected chi connectivity index (χ1v) is 6.77. The van der Waals surface area contributed by atoms with E-state index in [0.29, 0.717) is 12.3 Å². The van der Waals surface area contributed by atoms with Gasteiger partial charge in [0.05, 0.1) is 6.54 Å². The van der Waals surface area contributed by atoms with Crippen LogP contribution in [0.5, 0.6) is 0 Å². The number of ketones is 1. The molecule has 0 bridgehead atoms. The van der Waals surface area contributed by atoms with Crippen LogP contribution in [0.3, 0.4) is 0 Å². The molecule has 3 nitrogen and oxygen atoms in total. The zero-order valence-corrected chi connectivity index (χ0v) is 10.5. The van der Waals surface area contributed by atoms with Crippen molar-refractivity contribution in [3.63, 3.8) is 0 Å². The van der Waals surface area contributed by atoms with Gasteiger partial charge in [0.2, 0.25) is 0 Å². The summed E-state index contributed by atoms with van der Waals surface area (Å²) in [5.74, 6) is 0.421. The van der Waals surface area contributed by atoms with Gasteiger partial charge >= 0.3 is 0 Å². The van der Waals surface area contributed by atoms with Crippen molar-refractivity contribution in [1.82, 2.24) is 9.80 Å². The topological polar surface area (TPSA) is 23.6 Å². The molecule has 2 aliphatic rings. The lowest BCUT2D eigenvalue weighted by Gasteiger charge is -2.23. The fourth-order valence-electron chi connectivity index (χ4n) is 2.97. The van der Waals surface area contributed by atoms with Gasteiger partial charge in [-0.1, -0.05) is 6.92 Å². The van der Waals surface area contributed by atoms with Crippen LogP contribution in [-0.4, -0.2) is 54.3 Å². The number of rotatable bonds is 5. The second kappa shape index (κ2) is 5.78. The zero-order chi connectivity index (χ0) is 11.4. The Morgan fingerprint density at radius 1 is 1.25 bits per heavy atom. The van der Waals surface area contributed by atoms with Crippen molar-refractivity contribution in [2.45, 2.75) is 45.1 Å². The first-order valence-electron chi connectivity index (χ1n) is 6.77. The molecule has 0 spiro atoms. The molecule has 2 saturated heterocycles. The molecule has 2 rings (SSSR count). The summed E-state index contributed by atoms with van der Waals surface area (Å²) in [6.07, 6.45) is 5.74. The molecule has 16 heavy (non-hydrogen) atoms. The van der Waals surface area contributed by atoms with E-state index in [1.165, 1.54) is 32.4 Å². The van der Waals surface area contributed by atoms with Crippen molar-refractivity contribution in [2.75, 3.05) is 32.7 Å². The summed E-state index contributed by atoms with van der Waals surface area (Å²) in [7, 11) is 0. The first kappa shape index (κ1) is 12.1. The lowest BCUT2D eigenvalue weighted by Crippen LogP contribution is -2.36. The number of nitrogens with zero attached hydrogens (tertiary/aromatic N) is 2. The third kappa shape index (κ3) is 3.05. The number of hydrogen-bond donors (Lipinski definition) is 0. The van der Waals surface area contributed by atoms with Gasteiger partial charge in [-0.3, -0.25) is 14.6 Å². The summed E-state index contributed by atoms with van der Waals surface area (Å²) in [6.45, 7) is 7.57. The molecule has 0 aromatic carbocycles. The molecular weight excluding hydrogens is 200 g/mol. The van der Waals surface area contributed by atoms with Crippen LogP contribution in [0, 0.1) is 0 Å². The molecule has 0 aromatic heterocycles. The number of Topliss-reactive ketones (excluding diaryl/α,β-unsaturated/α-hetero) is 1. The highest BCUT2D eigenvalue weighted by atomic mass is 16.1. The predicted octanol–water partition coefficient (Wildman–Crippen LogP) is 1.53. The lowest BCUT2D eigenvalue weighted by atomic mass is 10.2. The molecule has 1 atom stereocenters. The highest BCUT2D eigenvalue weighted by Gasteiger charge is 2.29. The molecule has 0 saturated carbocycles. The monoisotopic (exact) mass is 224 g/mol. The van der Waals surface area contributed by atoms with E-state index in [9.17, 15) is 4.79 Å². The molecular formula is C13H24N2O. The molecule has 2 aliphatic heterocycles. The van der Waals surface area contributed by atoms with Crippen LogP contribution in [-0.2, 0) is 4.79 Å². The van der Waals surface area contributed by atoms with E-state index in [1.807, 2.05) is 0 Å². The smallest absolute Gasteiger partial charge is 0.146 e. The van der Waals surface area contributed by atoms with Crippen LogP contribution in [0.15, 0.2) is 0 Å². The van der Waals surface area contributed by atoms with Crippen molar-refractivity contribution in [3.05, 3.63) is 0 Å². The van der Waals surface area contributed by atoms with Gasteiger partial charge in [0, 0.05) is 25.6 Å². The summed E-state index contributed by atoms with van der Waals surface area (Å²) in [5, 5.41) is 0. The molecule has 2 fully saturated rings. The predicted molar refractivity (Wildman–Crippen MR) is 65.6 cm³/mol. The summed E-state index contributed by atoms with van der Waals surface area (Å²) in [6, 6.07) is 0.733. The average molecular weight is 224 g/mol. The normalized spacial score (nSPS) is 27.7. The van der Waals surface area contributed by atoms with Gasteiger partial charge in [0.15, 0.2) is 0 Å². The Labute approximate surface area is 98.8 Å². The van der Waals surface area contributed by atoms with E-state index in [-0.39, 0.29) is 0 Å². The van der Waals surface area contributed by atoms with Crippen LogP contribution in [0.4, 0.5) is 0 Å². The number of carbonyl (C=O) groups excluding carboxylic acids is 1. The van der Waals surface area contributed by atoms with E-state index in [1.54, 1.807) is 0 Å². The molecule has 1 unspecified atom stereocenters. The largest absolute Gasteiger partial charge is 0.299 e. The first-order chi connectivity index (χ1) is 7.79. The third-order valence-electron chi connectivity index (χ3n) is 3.83. The molecule has 0 aliphatic carbocycles. The SMILES string of the molecule is CCCC(=O)CN1CCC(N2CCCC2)C1. The average Bonchev–Trinajstić information content (AvgIpc) is 2.86. The van der Waals surface area contributed by atoms with Crippen molar-refractivity contribution in [3.8, 4) is 0 Å². The van der Waals surface area contributed by atoms with Crippen LogP contribution in [0.25, 0.3) is 0 Å². The summed E-state index contributed by atoms with van der Waals surface area (Å²) >= 11 is 0. The quantitative estimate of drug-likeness (QED) is 0.707. The minimum absolute atomic E-state index is 0.421. The Balaban J connectivity index is 1.72. The minimum Gasteiger partial charge on any atom is -0.299 e. The fraction of sp³-hybridized carbons (Fsp3) is 0.923. The van der Waals surface area contributed by atoms with Crippen LogP contribution in [0.2, 0.25) is 0 Å². The van der Waals surface area contributed by atoms with Crippen molar-refractivity contribution < 1.29 is 4.79 Å². The van der Waals surface area contributed by atoms with Crippen molar-refractivity contribution in [2.24, 2.45) is 0 Å². The zero-order valence-electron chi connectivity index (χ0n) is 10.5. The fourth-order valence-corrected chi connectivity index (χ4v) is 2.97. The Kier molecular flexibility index (Phi) is 4.36. The molecule has 2 heterocycles. The number of hydrogen-bond acceptors (Lipinski definition) is 3. The molecule has 0 aromatic rings. The highest BCUT2D eigenvalue weighted by Crippen LogP contribution is 2.20. The maximum Gasteiger partial charge on any atom is 0.146 e. The Bertz CT molecular complexity index is 236. The Morgan fingerprint density at radius 3 is 2.69 bits per heavy atom. The van der Waals surface area contributed by atoms with E-state index in [2.05, 4.69) is 16.7 Å². The molecule has 0 amide bonds. The van der Waals surface area contributed by atoms with Crippen LogP contribution >= 0.6 is 0 Å². The van der Waals surface area contributed by atoms with Gasteiger partial charge in [0.25, 0.3) is 0 Å². The number of carbonyl (C=O) groups is 1. The van der Waals surface area contributed by atoms with Gasteiger partial charge in [0.1, 0.15) is 5.78 Å². The summed E-state index contributed by atoms with van der Waals surface area (Å²) in [5.41, 5.74) is 0. The summed E-state index contributed by atoms with van der Waals surface area (Å²) in [4.78, 5) is 16.5. The van der Waals surface area contributed by atoms with E-state index < -0.39 is 0 Å². The second-order valence-corrected chi connectivity index (χ2v) is 5.21. The number of likely N-dealkylation sites (tertiary alicyclic amines) is 2. The third-order valence-corrected chi connectivity index (χ3v) is 3.83. The van der Waals surface area contributed by atoms with Gasteiger partial charge in [-0.25, -0.2) is 0 Å². The standard InChI is InChI=1S/C13H24N2O/c1-2-5-13(16)11-14-9-6-12(10-14)15-7-3-4-8-15/h12H,2-11H2,1H3. The van der Waals surface area contributed by atoms with Crippen molar-refractivity contribution in [1.29, 1.82) is 0 Å². The summed E-state index contributed by atoms with van der Waals surface area (Å²) < 4.78 is 0. The van der Waals surface area contributed by atoms with Crippen LogP contribution < -0.4 is 0 Å². The Hall–Kier alpha value is -0.410. The minimum atomic E-state index is 0.421. The Morgan fingerprint density at radius 2 is 2.00 bits per heavy atom. The van der Waals surface area contributed by atoms with Gasteiger partial charge in [-0.2, -0.15) is 0 Å².